The number of aryl methyl sites for hydroxylation is 1. The Bertz CT molecular complexity index is 612. The van der Waals surface area contributed by atoms with Crippen LogP contribution in [0.1, 0.15) is 5.76 Å². The summed E-state index contributed by atoms with van der Waals surface area (Å²) in [6.07, 6.45) is 1.67. The number of aromatic nitrogens is 3. The van der Waals surface area contributed by atoms with Crippen molar-refractivity contribution in [3.63, 3.8) is 0 Å². The zero-order chi connectivity index (χ0) is 14.7. The molecule has 0 radical (unpaired) electrons. The third-order valence-electron chi connectivity index (χ3n) is 3.13. The lowest BCUT2D eigenvalue weighted by atomic mass is 10.4. The van der Waals surface area contributed by atoms with Crippen LogP contribution in [0, 0.1) is 6.92 Å². The molecule has 0 amide bonds. The molecule has 1 N–H and O–H groups in total. The minimum Gasteiger partial charge on any atom is -0.468 e. The number of nitrogens with one attached hydrogen (secondary N) is 1. The Kier molecular flexibility index (Phi) is 4.26. The van der Waals surface area contributed by atoms with Gasteiger partial charge in [-0.15, -0.1) is 0 Å². The Morgan fingerprint density at radius 2 is 2.05 bits per heavy atom. The third kappa shape index (κ3) is 3.27. The van der Waals surface area contributed by atoms with Crippen LogP contribution in [-0.2, 0) is 4.74 Å². The fourth-order valence-electron chi connectivity index (χ4n) is 1.99. The maximum atomic E-state index is 5.36. The topological polar surface area (TPSA) is 76.3 Å². The van der Waals surface area contributed by atoms with Crippen LogP contribution >= 0.6 is 11.8 Å². The molecule has 0 atom stereocenters. The van der Waals surface area contributed by atoms with Gasteiger partial charge in [-0.2, -0.15) is 15.0 Å². The van der Waals surface area contributed by atoms with Gasteiger partial charge in [0.25, 0.3) is 0 Å². The van der Waals surface area contributed by atoms with Crippen LogP contribution in [0.4, 0.5) is 11.9 Å². The summed E-state index contributed by atoms with van der Waals surface area (Å²) in [6.45, 7) is 4.91. The molecular weight excluding hydrogens is 290 g/mol. The predicted octanol–water partition coefficient (Wildman–Crippen LogP) is 1.80. The monoisotopic (exact) mass is 307 g/mol. The molecule has 0 aromatic carbocycles. The second kappa shape index (κ2) is 6.31. The van der Waals surface area contributed by atoms with Gasteiger partial charge in [0.15, 0.2) is 5.16 Å². The molecule has 112 valence electrons. The van der Waals surface area contributed by atoms with Gasteiger partial charge in [-0.05, 0) is 24.8 Å². The van der Waals surface area contributed by atoms with Crippen LogP contribution < -0.4 is 10.2 Å². The van der Waals surface area contributed by atoms with Gasteiger partial charge in [0.1, 0.15) is 5.76 Å². The van der Waals surface area contributed by atoms with Crippen LogP contribution in [0.25, 0.3) is 0 Å². The molecule has 0 bridgehead atoms. The number of hydrogen-bond acceptors (Lipinski definition) is 8. The lowest BCUT2D eigenvalue weighted by Gasteiger charge is -2.26. The van der Waals surface area contributed by atoms with E-state index in [2.05, 4.69) is 25.2 Å². The Morgan fingerprint density at radius 3 is 2.71 bits per heavy atom. The van der Waals surface area contributed by atoms with Crippen LogP contribution in [0.5, 0.6) is 0 Å². The van der Waals surface area contributed by atoms with E-state index in [4.69, 9.17) is 9.15 Å². The van der Waals surface area contributed by atoms with Gasteiger partial charge in [-0.25, -0.2) is 0 Å². The van der Waals surface area contributed by atoms with Gasteiger partial charge in [0.2, 0.25) is 11.9 Å². The molecule has 3 rings (SSSR count). The van der Waals surface area contributed by atoms with E-state index in [1.807, 2.05) is 13.0 Å². The first-order chi connectivity index (χ1) is 10.3. The smallest absolute Gasteiger partial charge is 0.231 e. The van der Waals surface area contributed by atoms with E-state index in [0.717, 1.165) is 23.7 Å². The molecule has 2 aromatic rings. The maximum Gasteiger partial charge on any atom is 0.231 e. The largest absolute Gasteiger partial charge is 0.468 e. The minimum absolute atomic E-state index is 0.565. The van der Waals surface area contributed by atoms with Gasteiger partial charge in [-0.1, -0.05) is 0 Å². The van der Waals surface area contributed by atoms with Crippen molar-refractivity contribution in [3.8, 4) is 0 Å². The fraction of sp³-hybridized carbons (Fsp3) is 0.462. The average Bonchev–Trinajstić information content (AvgIpc) is 2.93. The number of ether oxygens (including phenoxy) is 1. The van der Waals surface area contributed by atoms with E-state index >= 15 is 0 Å². The van der Waals surface area contributed by atoms with Crippen molar-refractivity contribution < 1.29 is 9.15 Å². The van der Waals surface area contributed by atoms with Crippen molar-refractivity contribution in [2.75, 3.05) is 43.6 Å². The molecule has 0 aliphatic carbocycles. The molecule has 21 heavy (non-hydrogen) atoms. The van der Waals surface area contributed by atoms with Crippen molar-refractivity contribution in [1.82, 2.24) is 15.0 Å². The summed E-state index contributed by atoms with van der Waals surface area (Å²) in [6, 6.07) is 1.91. The summed E-state index contributed by atoms with van der Waals surface area (Å²) in [4.78, 5) is 16.5. The quantitative estimate of drug-likeness (QED) is 0.916. The molecule has 3 heterocycles. The van der Waals surface area contributed by atoms with Crippen LogP contribution in [0.2, 0.25) is 0 Å². The van der Waals surface area contributed by atoms with E-state index in [1.54, 1.807) is 13.3 Å². The van der Waals surface area contributed by atoms with Crippen LogP contribution in [-0.4, -0.2) is 48.3 Å². The highest BCUT2D eigenvalue weighted by Crippen LogP contribution is 2.29. The van der Waals surface area contributed by atoms with Gasteiger partial charge in [0, 0.05) is 20.1 Å². The van der Waals surface area contributed by atoms with E-state index in [1.165, 1.54) is 11.8 Å². The number of anilines is 2. The Hall–Kier alpha value is -1.80. The van der Waals surface area contributed by atoms with Gasteiger partial charge >= 0.3 is 0 Å². The summed E-state index contributed by atoms with van der Waals surface area (Å²) in [5.41, 5.74) is 0. The summed E-state index contributed by atoms with van der Waals surface area (Å²) in [5.74, 6) is 2.11. The average molecular weight is 307 g/mol. The van der Waals surface area contributed by atoms with Crippen LogP contribution in [0.3, 0.4) is 0 Å². The highest BCUT2D eigenvalue weighted by Gasteiger charge is 2.17. The molecule has 0 saturated carbocycles. The molecule has 0 spiro atoms. The maximum absolute atomic E-state index is 5.36. The summed E-state index contributed by atoms with van der Waals surface area (Å²) in [5, 5.41) is 3.64. The zero-order valence-corrected chi connectivity index (χ0v) is 12.8. The molecule has 2 aromatic heterocycles. The van der Waals surface area contributed by atoms with Crippen molar-refractivity contribution in [3.05, 3.63) is 18.1 Å². The van der Waals surface area contributed by atoms with Crippen molar-refractivity contribution >= 4 is 23.7 Å². The minimum atomic E-state index is 0.565. The summed E-state index contributed by atoms with van der Waals surface area (Å²) < 4.78 is 10.7. The second-order valence-electron chi connectivity index (χ2n) is 4.53. The van der Waals surface area contributed by atoms with Gasteiger partial charge in [0.05, 0.1) is 24.4 Å². The number of rotatable bonds is 4. The molecular formula is C13H17N5O2S. The lowest BCUT2D eigenvalue weighted by molar-refractivity contribution is 0.122. The van der Waals surface area contributed by atoms with Crippen molar-refractivity contribution in [1.29, 1.82) is 0 Å². The highest BCUT2D eigenvalue weighted by atomic mass is 32.2. The number of hydrogen-bond donors (Lipinski definition) is 1. The molecule has 0 unspecified atom stereocenters. The van der Waals surface area contributed by atoms with Gasteiger partial charge < -0.3 is 19.4 Å². The Balaban J connectivity index is 1.87. The molecule has 1 aliphatic heterocycles. The van der Waals surface area contributed by atoms with E-state index in [-0.39, 0.29) is 0 Å². The SMILES string of the molecule is CNc1nc(Sc2ccoc2C)nc(N2CCOCC2)n1. The van der Waals surface area contributed by atoms with Crippen LogP contribution in [0.15, 0.2) is 26.8 Å². The normalized spacial score (nSPS) is 15.2. The standard InChI is InChI=1S/C13H17N5O2S/c1-9-10(3-6-20-9)21-13-16-11(14-2)15-12(17-13)18-4-7-19-8-5-18/h3,6H,4-5,7-8H2,1-2H3,(H,14,15,16,17). The van der Waals surface area contributed by atoms with Gasteiger partial charge in [-0.3, -0.25) is 0 Å². The van der Waals surface area contributed by atoms with Crippen molar-refractivity contribution in [2.24, 2.45) is 0 Å². The third-order valence-corrected chi connectivity index (χ3v) is 4.14. The molecule has 1 aliphatic rings. The molecule has 8 heteroatoms. The first kappa shape index (κ1) is 14.2. The van der Waals surface area contributed by atoms with Crippen molar-refractivity contribution in [2.45, 2.75) is 17.0 Å². The summed E-state index contributed by atoms with van der Waals surface area (Å²) >= 11 is 1.47. The summed E-state index contributed by atoms with van der Waals surface area (Å²) in [7, 11) is 1.80. The molecule has 1 saturated heterocycles. The predicted molar refractivity (Wildman–Crippen MR) is 80.0 cm³/mol. The first-order valence-electron chi connectivity index (χ1n) is 6.75. The van der Waals surface area contributed by atoms with E-state index < -0.39 is 0 Å². The zero-order valence-electron chi connectivity index (χ0n) is 12.0. The lowest BCUT2D eigenvalue weighted by Crippen LogP contribution is -2.37. The van der Waals surface area contributed by atoms with E-state index in [0.29, 0.717) is 30.3 Å². The highest BCUT2D eigenvalue weighted by molar-refractivity contribution is 7.99. The number of morpholine rings is 1. The number of furan rings is 1. The number of nitrogens with zero attached hydrogens (tertiary/aromatic N) is 4. The molecule has 7 nitrogen and oxygen atoms in total. The second-order valence-corrected chi connectivity index (χ2v) is 5.54. The fourth-order valence-corrected chi connectivity index (χ4v) is 2.76. The van der Waals surface area contributed by atoms with E-state index in [9.17, 15) is 0 Å². The molecule has 1 fully saturated rings. The Labute approximate surface area is 127 Å². The first-order valence-corrected chi connectivity index (χ1v) is 7.56. The Morgan fingerprint density at radius 1 is 1.24 bits per heavy atom.